The van der Waals surface area contributed by atoms with Crippen LogP contribution >= 0.6 is 0 Å². The van der Waals surface area contributed by atoms with Gasteiger partial charge < -0.3 is 14.4 Å². The van der Waals surface area contributed by atoms with E-state index in [-0.39, 0.29) is 0 Å². The molecule has 0 aliphatic rings. The van der Waals surface area contributed by atoms with Gasteiger partial charge in [0, 0.05) is 13.7 Å². The fourth-order valence-electron chi connectivity index (χ4n) is 1.22. The van der Waals surface area contributed by atoms with Gasteiger partial charge in [0.2, 0.25) is 0 Å². The van der Waals surface area contributed by atoms with Crippen LogP contribution < -0.4 is 0 Å². The summed E-state index contributed by atoms with van der Waals surface area (Å²) in [4.78, 5) is 2.18. The van der Waals surface area contributed by atoms with E-state index in [2.05, 4.69) is 32.8 Å². The summed E-state index contributed by atoms with van der Waals surface area (Å²) in [5, 5.41) is 0. The van der Waals surface area contributed by atoms with E-state index in [1.54, 1.807) is 7.11 Å². The summed E-state index contributed by atoms with van der Waals surface area (Å²) in [7, 11) is 5.93. The smallest absolute Gasteiger partial charge is 0.0605 e. The van der Waals surface area contributed by atoms with Crippen molar-refractivity contribution in [1.29, 1.82) is 0 Å². The average Bonchev–Trinajstić information content (AvgIpc) is 2.10. The maximum absolute atomic E-state index is 5.49. The van der Waals surface area contributed by atoms with Gasteiger partial charge in [-0.05, 0) is 47.3 Å². The molecule has 1 atom stereocenters. The number of nitrogens with zero attached hydrogens (tertiary/aromatic N) is 1. The molecular weight excluding hydrogens is 178 g/mol. The van der Waals surface area contributed by atoms with Crippen molar-refractivity contribution in [3.8, 4) is 0 Å². The van der Waals surface area contributed by atoms with Gasteiger partial charge >= 0.3 is 0 Å². The lowest BCUT2D eigenvalue weighted by Crippen LogP contribution is -2.22. The normalized spacial score (nSPS) is 13.9. The molecular formula is C11H25NO2. The third kappa shape index (κ3) is 8.48. The molecule has 1 unspecified atom stereocenters. The lowest BCUT2D eigenvalue weighted by Gasteiger charge is -2.18. The summed E-state index contributed by atoms with van der Waals surface area (Å²) in [6.07, 6.45) is 2.71. The maximum atomic E-state index is 5.49. The molecule has 0 fully saturated rings. The lowest BCUT2D eigenvalue weighted by atomic mass is 10.2. The van der Waals surface area contributed by atoms with Gasteiger partial charge in [0.15, 0.2) is 0 Å². The number of rotatable bonds is 8. The van der Waals surface area contributed by atoms with Gasteiger partial charge in [-0.1, -0.05) is 0 Å². The first-order chi connectivity index (χ1) is 6.56. The van der Waals surface area contributed by atoms with E-state index < -0.39 is 0 Å². The van der Waals surface area contributed by atoms with Crippen LogP contribution in [-0.4, -0.2) is 51.5 Å². The van der Waals surface area contributed by atoms with Crippen molar-refractivity contribution >= 4 is 0 Å². The highest BCUT2D eigenvalue weighted by Crippen LogP contribution is 2.04. The molecule has 0 aliphatic heterocycles. The van der Waals surface area contributed by atoms with Crippen LogP contribution in [0.2, 0.25) is 0 Å². The predicted molar refractivity (Wildman–Crippen MR) is 59.7 cm³/mol. The van der Waals surface area contributed by atoms with E-state index in [4.69, 9.17) is 9.47 Å². The second-order valence-corrected chi connectivity index (χ2v) is 4.16. The third-order valence-electron chi connectivity index (χ3n) is 2.12. The van der Waals surface area contributed by atoms with Crippen LogP contribution in [0.25, 0.3) is 0 Å². The monoisotopic (exact) mass is 203 g/mol. The summed E-state index contributed by atoms with van der Waals surface area (Å²) in [6.45, 7) is 5.98. The molecule has 0 aromatic heterocycles. The largest absolute Gasteiger partial charge is 0.381 e. The molecule has 0 saturated heterocycles. The second kappa shape index (κ2) is 8.21. The Kier molecular flexibility index (Phi) is 8.14. The van der Waals surface area contributed by atoms with Crippen molar-refractivity contribution in [2.24, 2.45) is 0 Å². The molecule has 0 amide bonds. The van der Waals surface area contributed by atoms with E-state index in [1.807, 2.05) is 0 Å². The molecule has 0 saturated carbocycles. The molecule has 3 heteroatoms. The molecule has 0 N–H and O–H groups in total. The quantitative estimate of drug-likeness (QED) is 0.600. The van der Waals surface area contributed by atoms with Crippen LogP contribution in [-0.2, 0) is 9.47 Å². The Morgan fingerprint density at radius 1 is 1.14 bits per heavy atom. The van der Waals surface area contributed by atoms with E-state index in [9.17, 15) is 0 Å². The molecule has 86 valence electrons. The van der Waals surface area contributed by atoms with Crippen LogP contribution in [0, 0.1) is 0 Å². The van der Waals surface area contributed by atoms with E-state index in [0.29, 0.717) is 12.2 Å². The Bertz CT molecular complexity index is 126. The summed E-state index contributed by atoms with van der Waals surface area (Å²) in [5.74, 6) is 0. The molecule has 0 aromatic carbocycles. The Morgan fingerprint density at radius 3 is 2.21 bits per heavy atom. The van der Waals surface area contributed by atoms with Crippen molar-refractivity contribution in [2.45, 2.75) is 38.9 Å². The maximum Gasteiger partial charge on any atom is 0.0605 e. The van der Waals surface area contributed by atoms with Gasteiger partial charge in [-0.15, -0.1) is 0 Å². The van der Waals surface area contributed by atoms with Crippen molar-refractivity contribution in [3.63, 3.8) is 0 Å². The minimum Gasteiger partial charge on any atom is -0.381 e. The molecule has 0 rings (SSSR count). The van der Waals surface area contributed by atoms with Gasteiger partial charge in [0.1, 0.15) is 0 Å². The minimum absolute atomic E-state index is 0.321. The van der Waals surface area contributed by atoms with Gasteiger partial charge in [-0.25, -0.2) is 0 Å². The molecule has 3 nitrogen and oxygen atoms in total. The Hall–Kier alpha value is -0.120. The molecule has 0 spiro atoms. The Balaban J connectivity index is 3.48. The molecule has 0 radical (unpaired) electrons. The van der Waals surface area contributed by atoms with Crippen molar-refractivity contribution < 1.29 is 9.47 Å². The van der Waals surface area contributed by atoms with Gasteiger partial charge in [-0.3, -0.25) is 0 Å². The zero-order chi connectivity index (χ0) is 11.0. The molecule has 0 bridgehead atoms. The zero-order valence-corrected chi connectivity index (χ0v) is 10.2. The molecule has 0 heterocycles. The van der Waals surface area contributed by atoms with Gasteiger partial charge in [-0.2, -0.15) is 0 Å². The molecule has 0 aromatic rings. The number of ether oxygens (including phenoxy) is 2. The first-order valence-electron chi connectivity index (χ1n) is 5.35. The van der Waals surface area contributed by atoms with Crippen LogP contribution in [0.1, 0.15) is 26.7 Å². The van der Waals surface area contributed by atoms with Gasteiger partial charge in [0.25, 0.3) is 0 Å². The summed E-state index contributed by atoms with van der Waals surface area (Å²) in [5.41, 5.74) is 0. The summed E-state index contributed by atoms with van der Waals surface area (Å²) < 4.78 is 10.9. The standard InChI is InChI=1S/C11H25NO2/c1-10(2)14-9-7-11(13-5)6-8-12(3)4/h10-11H,6-9H2,1-5H3. The van der Waals surface area contributed by atoms with E-state index in [1.165, 1.54) is 0 Å². The van der Waals surface area contributed by atoms with Crippen molar-refractivity contribution in [3.05, 3.63) is 0 Å². The highest BCUT2D eigenvalue weighted by molar-refractivity contribution is 4.59. The predicted octanol–water partition coefficient (Wildman–Crippen LogP) is 1.77. The lowest BCUT2D eigenvalue weighted by molar-refractivity contribution is 0.0236. The third-order valence-corrected chi connectivity index (χ3v) is 2.12. The van der Waals surface area contributed by atoms with Crippen molar-refractivity contribution in [1.82, 2.24) is 4.90 Å². The number of hydrogen-bond acceptors (Lipinski definition) is 3. The summed E-state index contributed by atoms with van der Waals surface area (Å²) in [6, 6.07) is 0. The van der Waals surface area contributed by atoms with Crippen molar-refractivity contribution in [2.75, 3.05) is 34.4 Å². The van der Waals surface area contributed by atoms with Crippen LogP contribution in [0.3, 0.4) is 0 Å². The highest BCUT2D eigenvalue weighted by Gasteiger charge is 2.07. The van der Waals surface area contributed by atoms with Gasteiger partial charge in [0.05, 0.1) is 12.2 Å². The highest BCUT2D eigenvalue weighted by atomic mass is 16.5. The van der Waals surface area contributed by atoms with E-state index >= 15 is 0 Å². The van der Waals surface area contributed by atoms with E-state index in [0.717, 1.165) is 26.0 Å². The zero-order valence-electron chi connectivity index (χ0n) is 10.2. The molecule has 14 heavy (non-hydrogen) atoms. The average molecular weight is 203 g/mol. The summed E-state index contributed by atoms with van der Waals surface area (Å²) >= 11 is 0. The number of methoxy groups -OCH3 is 1. The SMILES string of the molecule is COC(CCOC(C)C)CCN(C)C. The Morgan fingerprint density at radius 2 is 1.79 bits per heavy atom. The first-order valence-corrected chi connectivity index (χ1v) is 5.35. The van der Waals surface area contributed by atoms with Crippen LogP contribution in [0.15, 0.2) is 0 Å². The first kappa shape index (κ1) is 13.9. The Labute approximate surface area is 88.4 Å². The molecule has 0 aliphatic carbocycles. The van der Waals surface area contributed by atoms with Crippen LogP contribution in [0.5, 0.6) is 0 Å². The fourth-order valence-corrected chi connectivity index (χ4v) is 1.22. The number of hydrogen-bond donors (Lipinski definition) is 0. The fraction of sp³-hybridized carbons (Fsp3) is 1.00. The minimum atomic E-state index is 0.321. The topological polar surface area (TPSA) is 21.7 Å². The van der Waals surface area contributed by atoms with Crippen LogP contribution in [0.4, 0.5) is 0 Å². The second-order valence-electron chi connectivity index (χ2n) is 4.16.